The normalized spacial score (nSPS) is 21.1. The molecule has 146 valence electrons. The highest BCUT2D eigenvalue weighted by atomic mass is 16.2. The Labute approximate surface area is 161 Å². The fraction of sp³-hybridized carbons (Fsp3) is 0.650. The topological polar surface area (TPSA) is 72.6 Å². The molecule has 0 bridgehead atoms. The molecule has 0 spiro atoms. The predicted octanol–water partition coefficient (Wildman–Crippen LogP) is 1.30. The minimum Gasteiger partial charge on any atom is -0.345 e. The molecule has 7 nitrogen and oxygen atoms in total. The van der Waals surface area contributed by atoms with Crippen molar-refractivity contribution >= 4 is 11.8 Å². The average molecular weight is 371 g/mol. The number of carbonyl (C=O) groups is 2. The third-order valence-electron chi connectivity index (χ3n) is 5.78. The molecule has 0 N–H and O–H groups in total. The van der Waals surface area contributed by atoms with E-state index in [9.17, 15) is 9.59 Å². The van der Waals surface area contributed by atoms with Crippen molar-refractivity contribution in [1.82, 2.24) is 19.3 Å². The summed E-state index contributed by atoms with van der Waals surface area (Å²) in [6.45, 7) is 4.97. The number of rotatable bonds is 4. The second-order valence-electron chi connectivity index (χ2n) is 7.82. The van der Waals surface area contributed by atoms with Gasteiger partial charge in [-0.3, -0.25) is 9.59 Å². The molecule has 2 amide bonds. The number of nitriles is 1. The molecule has 0 radical (unpaired) electrons. The Hall–Kier alpha value is -2.33. The Bertz CT molecular complexity index is 727. The maximum Gasteiger partial charge on any atom is 0.270 e. The van der Waals surface area contributed by atoms with Gasteiger partial charge in [0, 0.05) is 58.9 Å². The van der Waals surface area contributed by atoms with Gasteiger partial charge in [-0.1, -0.05) is 0 Å². The van der Waals surface area contributed by atoms with E-state index in [-0.39, 0.29) is 11.8 Å². The number of aromatic nitrogens is 1. The molecule has 3 rings (SSSR count). The molecule has 1 atom stereocenters. The monoisotopic (exact) mass is 371 g/mol. The maximum atomic E-state index is 12.8. The van der Waals surface area contributed by atoms with Crippen LogP contribution in [0.2, 0.25) is 0 Å². The van der Waals surface area contributed by atoms with Crippen molar-refractivity contribution in [2.24, 2.45) is 13.0 Å². The summed E-state index contributed by atoms with van der Waals surface area (Å²) in [6.07, 6.45) is 5.12. The molecule has 1 aromatic rings. The van der Waals surface area contributed by atoms with E-state index in [4.69, 9.17) is 5.26 Å². The SMILES string of the molecule is CN1CCN(C(=O)CC[C@H]2CCCN(C(=O)c3cc(C#N)cn3C)C2)CC1. The molecule has 2 saturated heterocycles. The van der Waals surface area contributed by atoms with Crippen LogP contribution in [0.1, 0.15) is 41.7 Å². The number of carbonyl (C=O) groups excluding carboxylic acids is 2. The van der Waals surface area contributed by atoms with Gasteiger partial charge in [0.25, 0.3) is 5.91 Å². The van der Waals surface area contributed by atoms with E-state index in [0.717, 1.165) is 52.0 Å². The molecule has 2 fully saturated rings. The van der Waals surface area contributed by atoms with E-state index in [1.165, 1.54) is 0 Å². The molecule has 0 aromatic carbocycles. The number of piperidine rings is 1. The summed E-state index contributed by atoms with van der Waals surface area (Å²) in [5.74, 6) is 0.594. The van der Waals surface area contributed by atoms with Gasteiger partial charge in [0.15, 0.2) is 0 Å². The van der Waals surface area contributed by atoms with Crippen LogP contribution in [0.4, 0.5) is 0 Å². The van der Waals surface area contributed by atoms with Crippen LogP contribution in [0.5, 0.6) is 0 Å². The molecule has 2 aliphatic heterocycles. The van der Waals surface area contributed by atoms with Gasteiger partial charge < -0.3 is 19.3 Å². The summed E-state index contributed by atoms with van der Waals surface area (Å²) in [6, 6.07) is 3.74. The van der Waals surface area contributed by atoms with Gasteiger partial charge in [-0.2, -0.15) is 5.26 Å². The summed E-state index contributed by atoms with van der Waals surface area (Å²) < 4.78 is 1.72. The number of hydrogen-bond donors (Lipinski definition) is 0. The largest absolute Gasteiger partial charge is 0.345 e. The number of amides is 2. The second-order valence-corrected chi connectivity index (χ2v) is 7.82. The van der Waals surface area contributed by atoms with Crippen molar-refractivity contribution in [3.8, 4) is 6.07 Å². The summed E-state index contributed by atoms with van der Waals surface area (Å²) in [5.41, 5.74) is 1.06. The van der Waals surface area contributed by atoms with E-state index in [1.807, 2.05) is 9.80 Å². The van der Waals surface area contributed by atoms with Crippen molar-refractivity contribution in [3.05, 3.63) is 23.5 Å². The number of nitrogens with zero attached hydrogens (tertiary/aromatic N) is 5. The minimum absolute atomic E-state index is 0.0194. The van der Waals surface area contributed by atoms with Gasteiger partial charge in [0.1, 0.15) is 11.8 Å². The Morgan fingerprint density at radius 1 is 1.15 bits per heavy atom. The lowest BCUT2D eigenvalue weighted by Gasteiger charge is -2.34. The number of likely N-dealkylation sites (N-methyl/N-ethyl adjacent to an activating group) is 1. The third-order valence-corrected chi connectivity index (χ3v) is 5.78. The van der Waals surface area contributed by atoms with Crippen LogP contribution < -0.4 is 0 Å². The fourth-order valence-electron chi connectivity index (χ4n) is 4.03. The Morgan fingerprint density at radius 3 is 2.56 bits per heavy atom. The van der Waals surface area contributed by atoms with Crippen LogP contribution >= 0.6 is 0 Å². The van der Waals surface area contributed by atoms with E-state index < -0.39 is 0 Å². The molecule has 0 aliphatic carbocycles. The lowest BCUT2D eigenvalue weighted by atomic mass is 9.93. The molecule has 2 aliphatic rings. The zero-order chi connectivity index (χ0) is 19.4. The lowest BCUT2D eigenvalue weighted by molar-refractivity contribution is -0.133. The number of aryl methyl sites for hydroxylation is 1. The van der Waals surface area contributed by atoms with Crippen molar-refractivity contribution < 1.29 is 9.59 Å². The van der Waals surface area contributed by atoms with E-state index in [1.54, 1.807) is 23.9 Å². The molecule has 0 saturated carbocycles. The van der Waals surface area contributed by atoms with Crippen LogP contribution in [-0.2, 0) is 11.8 Å². The van der Waals surface area contributed by atoms with Crippen LogP contribution in [0.15, 0.2) is 12.3 Å². The highest BCUT2D eigenvalue weighted by Crippen LogP contribution is 2.23. The first-order valence-corrected chi connectivity index (χ1v) is 9.80. The van der Waals surface area contributed by atoms with Crippen LogP contribution in [0.25, 0.3) is 0 Å². The van der Waals surface area contributed by atoms with E-state index >= 15 is 0 Å². The number of likely N-dealkylation sites (tertiary alicyclic amines) is 1. The van der Waals surface area contributed by atoms with Crippen molar-refractivity contribution in [2.45, 2.75) is 25.7 Å². The molecule has 3 heterocycles. The van der Waals surface area contributed by atoms with Crippen LogP contribution in [-0.4, -0.2) is 77.4 Å². The molecule has 0 unspecified atom stereocenters. The summed E-state index contributed by atoms with van der Waals surface area (Å²) in [4.78, 5) is 31.4. The zero-order valence-corrected chi connectivity index (χ0v) is 16.4. The van der Waals surface area contributed by atoms with Gasteiger partial charge in [-0.25, -0.2) is 0 Å². The first kappa shape index (κ1) is 19.4. The second kappa shape index (κ2) is 8.57. The highest BCUT2D eigenvalue weighted by Gasteiger charge is 2.27. The van der Waals surface area contributed by atoms with Crippen molar-refractivity contribution in [2.75, 3.05) is 46.3 Å². The van der Waals surface area contributed by atoms with E-state index in [0.29, 0.717) is 30.1 Å². The first-order valence-electron chi connectivity index (χ1n) is 9.80. The third kappa shape index (κ3) is 4.69. The highest BCUT2D eigenvalue weighted by molar-refractivity contribution is 5.93. The minimum atomic E-state index is -0.0194. The molecular formula is C20H29N5O2. The fourth-order valence-corrected chi connectivity index (χ4v) is 4.03. The van der Waals surface area contributed by atoms with Gasteiger partial charge in [-0.15, -0.1) is 0 Å². The maximum absolute atomic E-state index is 12.8. The Kier molecular flexibility index (Phi) is 6.17. The molecular weight excluding hydrogens is 342 g/mol. The Morgan fingerprint density at radius 2 is 1.89 bits per heavy atom. The lowest BCUT2D eigenvalue weighted by Crippen LogP contribution is -2.47. The van der Waals surface area contributed by atoms with Gasteiger partial charge in [0.05, 0.1) is 5.56 Å². The number of piperazine rings is 1. The van der Waals surface area contributed by atoms with Crippen molar-refractivity contribution in [3.63, 3.8) is 0 Å². The molecule has 27 heavy (non-hydrogen) atoms. The number of hydrogen-bond acceptors (Lipinski definition) is 4. The van der Waals surface area contributed by atoms with Crippen LogP contribution in [0, 0.1) is 17.2 Å². The predicted molar refractivity (Wildman–Crippen MR) is 102 cm³/mol. The summed E-state index contributed by atoms with van der Waals surface area (Å²) >= 11 is 0. The van der Waals surface area contributed by atoms with E-state index in [2.05, 4.69) is 18.0 Å². The average Bonchev–Trinajstić information content (AvgIpc) is 3.07. The Balaban J connectivity index is 1.51. The molecule has 1 aromatic heterocycles. The zero-order valence-electron chi connectivity index (χ0n) is 16.4. The van der Waals surface area contributed by atoms with Gasteiger partial charge in [-0.05, 0) is 38.3 Å². The first-order chi connectivity index (χ1) is 13.0. The summed E-state index contributed by atoms with van der Waals surface area (Å²) in [5, 5.41) is 9.03. The van der Waals surface area contributed by atoms with Crippen LogP contribution in [0.3, 0.4) is 0 Å². The van der Waals surface area contributed by atoms with Crippen molar-refractivity contribution in [1.29, 1.82) is 5.26 Å². The van der Waals surface area contributed by atoms with Gasteiger partial charge in [0.2, 0.25) is 5.91 Å². The van der Waals surface area contributed by atoms with Gasteiger partial charge >= 0.3 is 0 Å². The molecule has 7 heteroatoms. The summed E-state index contributed by atoms with van der Waals surface area (Å²) in [7, 11) is 3.88. The smallest absolute Gasteiger partial charge is 0.270 e. The quantitative estimate of drug-likeness (QED) is 0.800. The standard InChI is InChI=1S/C20H29N5O2/c1-22-8-10-24(11-9-22)19(26)6-5-16-4-3-7-25(15-16)20(27)18-12-17(13-21)14-23(18)2/h12,14,16H,3-11,15H2,1-2H3/t16-/m1/s1.